The SMILES string of the molecule is Cl.O=C(NO)c1cnc(N2CCC3(CN(Cc4ccc(-c5ccccc5)cc4)C3)C2)nc1. The molecule has 0 atom stereocenters. The van der Waals surface area contributed by atoms with Gasteiger partial charge in [-0.25, -0.2) is 15.4 Å². The van der Waals surface area contributed by atoms with Gasteiger partial charge in [0.1, 0.15) is 0 Å². The van der Waals surface area contributed by atoms with E-state index in [1.165, 1.54) is 29.1 Å². The highest BCUT2D eigenvalue weighted by Crippen LogP contribution is 2.41. The van der Waals surface area contributed by atoms with E-state index in [2.05, 4.69) is 68.3 Å². The number of benzene rings is 2. The predicted octanol–water partition coefficient (Wildman–Crippen LogP) is 3.40. The lowest BCUT2D eigenvalue weighted by atomic mass is 9.79. The number of carbonyl (C=O) groups is 1. The third-order valence-electron chi connectivity index (χ3n) is 6.31. The molecule has 2 aliphatic heterocycles. The summed E-state index contributed by atoms with van der Waals surface area (Å²) in [7, 11) is 0. The van der Waals surface area contributed by atoms with Crippen molar-refractivity contribution in [1.82, 2.24) is 20.3 Å². The maximum Gasteiger partial charge on any atom is 0.277 e. The summed E-state index contributed by atoms with van der Waals surface area (Å²) in [4.78, 5) is 24.7. The molecule has 3 heterocycles. The summed E-state index contributed by atoms with van der Waals surface area (Å²) < 4.78 is 0. The molecule has 166 valence electrons. The van der Waals surface area contributed by atoms with Crippen LogP contribution in [0.5, 0.6) is 0 Å². The number of likely N-dealkylation sites (tertiary alicyclic amines) is 1. The molecule has 0 radical (unpaired) electrons. The van der Waals surface area contributed by atoms with Crippen molar-refractivity contribution in [3.63, 3.8) is 0 Å². The largest absolute Gasteiger partial charge is 0.340 e. The third kappa shape index (κ3) is 4.46. The number of hydrogen-bond donors (Lipinski definition) is 2. The molecule has 32 heavy (non-hydrogen) atoms. The van der Waals surface area contributed by atoms with Crippen LogP contribution >= 0.6 is 12.4 Å². The van der Waals surface area contributed by atoms with E-state index in [4.69, 9.17) is 5.21 Å². The topological polar surface area (TPSA) is 81.6 Å². The molecular formula is C24H26ClN5O2. The zero-order chi connectivity index (χ0) is 21.3. The fourth-order valence-corrected chi connectivity index (χ4v) is 4.74. The van der Waals surface area contributed by atoms with Gasteiger partial charge in [0.2, 0.25) is 5.95 Å². The predicted molar refractivity (Wildman–Crippen MR) is 125 cm³/mol. The van der Waals surface area contributed by atoms with Crippen LogP contribution in [-0.4, -0.2) is 52.2 Å². The number of nitrogens with one attached hydrogen (secondary N) is 1. The quantitative estimate of drug-likeness (QED) is 0.457. The number of halogens is 1. The van der Waals surface area contributed by atoms with Crippen LogP contribution in [0.4, 0.5) is 5.95 Å². The van der Waals surface area contributed by atoms with Gasteiger partial charge in [-0.3, -0.25) is 14.9 Å². The minimum Gasteiger partial charge on any atom is -0.340 e. The van der Waals surface area contributed by atoms with E-state index in [-0.39, 0.29) is 18.0 Å². The smallest absolute Gasteiger partial charge is 0.277 e. The summed E-state index contributed by atoms with van der Waals surface area (Å²) in [6, 6.07) is 19.3. The van der Waals surface area contributed by atoms with Crippen LogP contribution < -0.4 is 10.4 Å². The molecule has 2 saturated heterocycles. The zero-order valence-electron chi connectivity index (χ0n) is 17.6. The Balaban J connectivity index is 0.00000245. The lowest BCUT2D eigenvalue weighted by Crippen LogP contribution is -2.56. The Kier molecular flexibility index (Phi) is 6.41. The lowest BCUT2D eigenvalue weighted by Gasteiger charge is -2.48. The molecule has 2 aromatic carbocycles. The van der Waals surface area contributed by atoms with Crippen LogP contribution in [0.1, 0.15) is 22.3 Å². The molecule has 0 bridgehead atoms. The van der Waals surface area contributed by atoms with E-state index in [0.29, 0.717) is 11.4 Å². The Morgan fingerprint density at radius 3 is 2.28 bits per heavy atom. The molecule has 0 unspecified atom stereocenters. The number of carbonyl (C=O) groups excluding carboxylic acids is 1. The Morgan fingerprint density at radius 2 is 1.62 bits per heavy atom. The summed E-state index contributed by atoms with van der Waals surface area (Å²) in [5.41, 5.74) is 5.98. The monoisotopic (exact) mass is 451 g/mol. The van der Waals surface area contributed by atoms with Crippen LogP contribution in [-0.2, 0) is 6.54 Å². The second-order valence-corrected chi connectivity index (χ2v) is 8.59. The average molecular weight is 452 g/mol. The van der Waals surface area contributed by atoms with E-state index in [0.717, 1.165) is 39.1 Å². The summed E-state index contributed by atoms with van der Waals surface area (Å²) >= 11 is 0. The van der Waals surface area contributed by atoms with Gasteiger partial charge in [0.05, 0.1) is 5.56 Å². The van der Waals surface area contributed by atoms with Gasteiger partial charge in [0.25, 0.3) is 5.91 Å². The van der Waals surface area contributed by atoms with Crippen LogP contribution in [0.3, 0.4) is 0 Å². The number of aromatic nitrogens is 2. The van der Waals surface area contributed by atoms with Gasteiger partial charge >= 0.3 is 0 Å². The van der Waals surface area contributed by atoms with Crippen molar-refractivity contribution in [3.05, 3.63) is 78.1 Å². The fourth-order valence-electron chi connectivity index (χ4n) is 4.74. The van der Waals surface area contributed by atoms with Gasteiger partial charge in [-0.2, -0.15) is 0 Å². The molecule has 7 nitrogen and oxygen atoms in total. The Bertz CT molecular complexity index is 1050. The molecule has 2 N–H and O–H groups in total. The Hall–Kier alpha value is -3.00. The fraction of sp³-hybridized carbons (Fsp3) is 0.292. The standard InChI is InChI=1S/C24H25N5O2.ClH/c30-22(27-31)21-12-25-23(26-13-21)29-11-10-24(17-29)15-28(16-24)14-18-6-8-20(9-7-18)19-4-2-1-3-5-19;/h1-9,12-13,31H,10-11,14-17H2,(H,27,30);1H. The Labute approximate surface area is 193 Å². The zero-order valence-corrected chi connectivity index (χ0v) is 18.5. The highest BCUT2D eigenvalue weighted by molar-refractivity contribution is 5.92. The molecule has 0 saturated carbocycles. The first-order chi connectivity index (χ1) is 15.1. The molecule has 1 aromatic heterocycles. The van der Waals surface area contributed by atoms with Crippen LogP contribution in [0.15, 0.2) is 67.0 Å². The van der Waals surface area contributed by atoms with Crippen molar-refractivity contribution in [3.8, 4) is 11.1 Å². The van der Waals surface area contributed by atoms with Crippen molar-refractivity contribution in [1.29, 1.82) is 0 Å². The van der Waals surface area contributed by atoms with Gasteiger partial charge in [-0.15, -0.1) is 12.4 Å². The van der Waals surface area contributed by atoms with Gasteiger partial charge < -0.3 is 4.90 Å². The second-order valence-electron chi connectivity index (χ2n) is 8.59. The number of nitrogens with zero attached hydrogens (tertiary/aromatic N) is 4. The van der Waals surface area contributed by atoms with Gasteiger partial charge in [0, 0.05) is 50.5 Å². The highest BCUT2D eigenvalue weighted by Gasteiger charge is 2.47. The number of amides is 1. The maximum atomic E-state index is 11.4. The summed E-state index contributed by atoms with van der Waals surface area (Å²) in [5.74, 6) is 0.0391. The second kappa shape index (κ2) is 9.24. The van der Waals surface area contributed by atoms with Crippen molar-refractivity contribution >= 4 is 24.3 Å². The molecule has 2 aliphatic rings. The van der Waals surface area contributed by atoms with Gasteiger partial charge in [-0.1, -0.05) is 54.6 Å². The molecule has 1 amide bonds. The number of hydrogen-bond acceptors (Lipinski definition) is 6. The average Bonchev–Trinajstić information content (AvgIpc) is 3.25. The van der Waals surface area contributed by atoms with Gasteiger partial charge in [0.15, 0.2) is 0 Å². The summed E-state index contributed by atoms with van der Waals surface area (Å²) in [6.07, 6.45) is 4.02. The van der Waals surface area contributed by atoms with E-state index in [9.17, 15) is 4.79 Å². The molecular weight excluding hydrogens is 426 g/mol. The first kappa shape index (κ1) is 22.2. The van der Waals surface area contributed by atoms with Crippen LogP contribution in [0.25, 0.3) is 11.1 Å². The molecule has 8 heteroatoms. The first-order valence-corrected chi connectivity index (χ1v) is 10.5. The minimum atomic E-state index is -0.601. The minimum absolute atomic E-state index is 0. The van der Waals surface area contributed by atoms with E-state index in [1.807, 2.05) is 6.07 Å². The molecule has 5 rings (SSSR count). The maximum absolute atomic E-state index is 11.4. The highest BCUT2D eigenvalue weighted by atomic mass is 35.5. The molecule has 0 aliphatic carbocycles. The van der Waals surface area contributed by atoms with E-state index in [1.54, 1.807) is 5.48 Å². The lowest BCUT2D eigenvalue weighted by molar-refractivity contribution is 0.0116. The number of rotatable bonds is 5. The van der Waals surface area contributed by atoms with E-state index >= 15 is 0 Å². The third-order valence-corrected chi connectivity index (χ3v) is 6.31. The van der Waals surface area contributed by atoms with Gasteiger partial charge in [-0.05, 0) is 23.1 Å². The molecule has 2 fully saturated rings. The van der Waals surface area contributed by atoms with Crippen molar-refractivity contribution in [2.75, 3.05) is 31.1 Å². The van der Waals surface area contributed by atoms with E-state index < -0.39 is 5.91 Å². The first-order valence-electron chi connectivity index (χ1n) is 10.5. The van der Waals surface area contributed by atoms with Crippen molar-refractivity contribution in [2.24, 2.45) is 5.41 Å². The normalized spacial score (nSPS) is 17.0. The molecule has 3 aromatic rings. The van der Waals surface area contributed by atoms with Crippen molar-refractivity contribution in [2.45, 2.75) is 13.0 Å². The molecule has 1 spiro atoms. The van der Waals surface area contributed by atoms with Crippen molar-refractivity contribution < 1.29 is 10.0 Å². The number of anilines is 1. The number of hydroxylamine groups is 1. The van der Waals surface area contributed by atoms with Crippen LogP contribution in [0.2, 0.25) is 0 Å². The Morgan fingerprint density at radius 1 is 0.969 bits per heavy atom. The summed E-state index contributed by atoms with van der Waals surface area (Å²) in [5, 5.41) is 8.70. The van der Waals surface area contributed by atoms with Crippen LogP contribution in [0, 0.1) is 5.41 Å². The summed E-state index contributed by atoms with van der Waals surface area (Å²) in [6.45, 7) is 4.98.